The molecule has 1 aromatic rings. The second-order valence-electron chi connectivity index (χ2n) is 5.96. The molecule has 0 fully saturated rings. The number of alkyl carbamates (subject to hydrolysis) is 1. The summed E-state index contributed by atoms with van der Waals surface area (Å²) in [7, 11) is 0. The van der Waals surface area contributed by atoms with Crippen LogP contribution < -0.4 is 10.1 Å². The number of nitrogens with one attached hydrogen (secondary N) is 1. The zero-order valence-corrected chi connectivity index (χ0v) is 12.5. The van der Waals surface area contributed by atoms with Gasteiger partial charge in [-0.1, -0.05) is 18.2 Å². The molecule has 4 nitrogen and oxygen atoms in total. The highest BCUT2D eigenvalue weighted by Crippen LogP contribution is 2.31. The minimum atomic E-state index is -0.580. The lowest BCUT2D eigenvalue weighted by Crippen LogP contribution is -2.35. The lowest BCUT2D eigenvalue weighted by molar-refractivity contribution is 0.0530. The van der Waals surface area contributed by atoms with Crippen molar-refractivity contribution in [3.8, 4) is 5.75 Å². The van der Waals surface area contributed by atoms with E-state index in [1.807, 2.05) is 24.3 Å². The van der Waals surface area contributed by atoms with E-state index in [0.717, 1.165) is 11.3 Å². The number of hydrogen-bond donors (Lipinski definition) is 1. The number of rotatable bonds is 3. The van der Waals surface area contributed by atoms with Gasteiger partial charge in [-0.2, -0.15) is 0 Å². The van der Waals surface area contributed by atoms with Gasteiger partial charge in [0, 0.05) is 18.5 Å². The molecule has 1 aliphatic heterocycles. The van der Waals surface area contributed by atoms with Crippen molar-refractivity contribution in [2.75, 3.05) is 6.54 Å². The normalized spacial score (nSPS) is 17.9. The van der Waals surface area contributed by atoms with Crippen molar-refractivity contribution >= 4 is 6.09 Å². The van der Waals surface area contributed by atoms with Gasteiger partial charge in [0.15, 0.2) is 0 Å². The number of hydrogen-bond acceptors (Lipinski definition) is 3. The van der Waals surface area contributed by atoms with Crippen LogP contribution in [0.2, 0.25) is 0 Å². The van der Waals surface area contributed by atoms with Gasteiger partial charge in [-0.15, -0.1) is 0 Å². The predicted octanol–water partition coefficient (Wildman–Crippen LogP) is 3.37. The first-order chi connectivity index (χ1) is 9.89. The molecule has 0 spiro atoms. The van der Waals surface area contributed by atoms with Crippen LogP contribution in [0, 0.1) is 0 Å². The number of para-hydroxylation sites is 1. The minimum Gasteiger partial charge on any atom is -0.485 e. The summed E-state index contributed by atoms with van der Waals surface area (Å²) in [5.41, 5.74) is 0.847. The van der Waals surface area contributed by atoms with Crippen molar-refractivity contribution in [2.24, 2.45) is 0 Å². The second kappa shape index (κ2) is 6.16. The summed E-state index contributed by atoms with van der Waals surface area (Å²) in [5, 5.41) is 2.54. The zero-order chi connectivity index (χ0) is 15.5. The Labute approximate surface area is 123 Å². The molecule has 0 aromatic heterocycles. The molecule has 0 saturated heterocycles. The number of carbonyl (C=O) groups excluding carboxylic acids is 1. The van der Waals surface area contributed by atoms with Crippen molar-refractivity contribution in [3.63, 3.8) is 0 Å². The van der Waals surface area contributed by atoms with Gasteiger partial charge in [0.2, 0.25) is 0 Å². The maximum Gasteiger partial charge on any atom is 0.407 e. The Hall–Kier alpha value is -2.04. The van der Waals surface area contributed by atoms with Gasteiger partial charge in [-0.25, -0.2) is 9.18 Å². The highest BCUT2D eigenvalue weighted by Gasteiger charge is 2.26. The molecule has 114 valence electrons. The Morgan fingerprint density at radius 2 is 2.19 bits per heavy atom. The van der Waals surface area contributed by atoms with Crippen LogP contribution in [0.3, 0.4) is 0 Å². The first kappa shape index (κ1) is 15.4. The summed E-state index contributed by atoms with van der Waals surface area (Å²) in [4.78, 5) is 11.6. The van der Waals surface area contributed by atoms with E-state index in [4.69, 9.17) is 9.47 Å². The van der Waals surface area contributed by atoms with Gasteiger partial charge < -0.3 is 14.8 Å². The first-order valence-electron chi connectivity index (χ1n) is 6.89. The Kier molecular flexibility index (Phi) is 4.50. The number of fused-ring (bicyclic) bond motifs is 1. The van der Waals surface area contributed by atoms with E-state index < -0.39 is 11.7 Å². The monoisotopic (exact) mass is 293 g/mol. The molecule has 21 heavy (non-hydrogen) atoms. The van der Waals surface area contributed by atoms with Crippen LogP contribution in [0.5, 0.6) is 5.75 Å². The highest BCUT2D eigenvalue weighted by atomic mass is 19.1. The molecule has 1 heterocycles. The van der Waals surface area contributed by atoms with E-state index in [1.165, 1.54) is 0 Å². The van der Waals surface area contributed by atoms with Crippen molar-refractivity contribution in [1.82, 2.24) is 5.32 Å². The fourth-order valence-corrected chi connectivity index (χ4v) is 2.10. The van der Waals surface area contributed by atoms with Crippen LogP contribution in [-0.2, 0) is 11.2 Å². The molecule has 0 saturated carbocycles. The molecule has 1 atom stereocenters. The van der Waals surface area contributed by atoms with Gasteiger partial charge in [-0.3, -0.25) is 0 Å². The number of carbonyl (C=O) groups is 1. The van der Waals surface area contributed by atoms with Crippen molar-refractivity contribution in [2.45, 2.75) is 38.9 Å². The minimum absolute atomic E-state index is 0.0596. The summed E-state index contributed by atoms with van der Waals surface area (Å²) >= 11 is 0. The van der Waals surface area contributed by atoms with Crippen LogP contribution in [-0.4, -0.2) is 24.3 Å². The smallest absolute Gasteiger partial charge is 0.407 e. The number of ether oxygens (including phenoxy) is 2. The average Bonchev–Trinajstić information content (AvgIpc) is 2.80. The third-order valence-corrected chi connectivity index (χ3v) is 3.04. The van der Waals surface area contributed by atoms with Crippen LogP contribution in [0.25, 0.3) is 0 Å². The lowest BCUT2D eigenvalue weighted by atomic mass is 10.0. The second-order valence-corrected chi connectivity index (χ2v) is 5.96. The van der Waals surface area contributed by atoms with Gasteiger partial charge in [0.05, 0.1) is 6.33 Å². The predicted molar refractivity (Wildman–Crippen MR) is 78.0 cm³/mol. The Bertz CT molecular complexity index is 524. The van der Waals surface area contributed by atoms with Crippen LogP contribution >= 0.6 is 0 Å². The molecule has 2 rings (SSSR count). The van der Waals surface area contributed by atoms with Gasteiger partial charge in [-0.05, 0) is 32.4 Å². The lowest BCUT2D eigenvalue weighted by Gasteiger charge is -2.20. The van der Waals surface area contributed by atoms with E-state index in [0.29, 0.717) is 18.3 Å². The van der Waals surface area contributed by atoms with E-state index in [2.05, 4.69) is 5.32 Å². The first-order valence-corrected chi connectivity index (χ1v) is 6.89. The van der Waals surface area contributed by atoms with Crippen molar-refractivity contribution in [3.05, 3.63) is 41.7 Å². The van der Waals surface area contributed by atoms with E-state index >= 15 is 0 Å². The number of amides is 1. The maximum atomic E-state index is 13.1. The zero-order valence-electron chi connectivity index (χ0n) is 12.5. The number of benzene rings is 1. The van der Waals surface area contributed by atoms with Crippen molar-refractivity contribution < 1.29 is 18.7 Å². The highest BCUT2D eigenvalue weighted by molar-refractivity contribution is 5.68. The fourth-order valence-electron chi connectivity index (χ4n) is 2.10. The largest absolute Gasteiger partial charge is 0.485 e. The molecule has 1 aromatic carbocycles. The molecule has 0 aliphatic carbocycles. The number of halogens is 1. The van der Waals surface area contributed by atoms with Crippen molar-refractivity contribution in [1.29, 1.82) is 0 Å². The molecule has 1 amide bonds. The summed E-state index contributed by atoms with van der Waals surface area (Å²) in [5.74, 6) is 0.763. The van der Waals surface area contributed by atoms with Gasteiger partial charge in [0.25, 0.3) is 0 Å². The molecule has 1 unspecified atom stereocenters. The summed E-state index contributed by atoms with van der Waals surface area (Å²) in [6.07, 6.45) is 0.134. The summed E-state index contributed by atoms with van der Waals surface area (Å²) in [6, 6.07) is 7.60. The molecule has 5 heteroatoms. The Balaban J connectivity index is 1.90. The molecule has 0 radical (unpaired) electrons. The maximum absolute atomic E-state index is 13.1. The molecule has 1 aliphatic rings. The standard InChI is InChI=1S/C16H20FNO3/c1-16(2,3)21-15(19)18-10-12(9-17)14-8-11-6-4-5-7-13(11)20-14/h4-7,9,14H,8,10H2,1-3H3,(H,18,19)/b12-9+. The van der Waals surface area contributed by atoms with Gasteiger partial charge in [0.1, 0.15) is 17.5 Å². The van der Waals surface area contributed by atoms with E-state index in [-0.39, 0.29) is 12.6 Å². The third kappa shape index (κ3) is 4.21. The van der Waals surface area contributed by atoms with Crippen LogP contribution in [0.4, 0.5) is 9.18 Å². The third-order valence-electron chi connectivity index (χ3n) is 3.04. The molecular formula is C16H20FNO3. The fraction of sp³-hybridized carbons (Fsp3) is 0.438. The quantitative estimate of drug-likeness (QED) is 0.929. The SMILES string of the molecule is CC(C)(C)OC(=O)NC/C(=C\F)C1Cc2ccccc2O1. The van der Waals surface area contributed by atoms with Gasteiger partial charge >= 0.3 is 6.09 Å². The topological polar surface area (TPSA) is 47.6 Å². The molecule has 1 N–H and O–H groups in total. The Morgan fingerprint density at radius 3 is 2.81 bits per heavy atom. The van der Waals surface area contributed by atoms with E-state index in [9.17, 15) is 9.18 Å². The average molecular weight is 293 g/mol. The molecular weight excluding hydrogens is 273 g/mol. The molecule has 0 bridgehead atoms. The van der Waals surface area contributed by atoms with Crippen LogP contribution in [0.15, 0.2) is 36.2 Å². The Morgan fingerprint density at radius 1 is 1.48 bits per heavy atom. The van der Waals surface area contributed by atoms with E-state index in [1.54, 1.807) is 20.8 Å². The van der Waals surface area contributed by atoms with Crippen LogP contribution in [0.1, 0.15) is 26.3 Å². The summed E-state index contributed by atoms with van der Waals surface area (Å²) < 4.78 is 23.9. The summed E-state index contributed by atoms with van der Waals surface area (Å²) in [6.45, 7) is 5.38.